The number of rotatable bonds is 4. The zero-order valence-electron chi connectivity index (χ0n) is 13.2. The first kappa shape index (κ1) is 17.8. The summed E-state index contributed by atoms with van der Waals surface area (Å²) in [5, 5.41) is 32.2. The highest BCUT2D eigenvalue weighted by molar-refractivity contribution is 7.11. The lowest BCUT2D eigenvalue weighted by Crippen LogP contribution is -2.62. The van der Waals surface area contributed by atoms with Gasteiger partial charge in [0, 0.05) is 18.0 Å². The van der Waals surface area contributed by atoms with Gasteiger partial charge in [-0.05, 0) is 33.6 Å². The van der Waals surface area contributed by atoms with E-state index in [0.29, 0.717) is 6.54 Å². The summed E-state index contributed by atoms with van der Waals surface area (Å²) < 4.78 is 0. The third-order valence-electron chi connectivity index (χ3n) is 3.87. The van der Waals surface area contributed by atoms with Crippen LogP contribution in [0.4, 0.5) is 0 Å². The zero-order chi connectivity index (χ0) is 17.4. The van der Waals surface area contributed by atoms with Crippen LogP contribution >= 0.6 is 11.3 Å². The van der Waals surface area contributed by atoms with Crippen molar-refractivity contribution in [1.82, 2.24) is 15.2 Å². The summed E-state index contributed by atoms with van der Waals surface area (Å²) in [6.07, 6.45) is 1.87. The van der Waals surface area contributed by atoms with E-state index in [4.69, 9.17) is 0 Å². The molecule has 0 bridgehead atoms. The fourth-order valence-corrected chi connectivity index (χ4v) is 2.91. The van der Waals surface area contributed by atoms with Crippen molar-refractivity contribution in [2.24, 2.45) is 0 Å². The van der Waals surface area contributed by atoms with Crippen LogP contribution in [0.5, 0.6) is 0 Å². The highest BCUT2D eigenvalue weighted by Crippen LogP contribution is 2.21. The van der Waals surface area contributed by atoms with Gasteiger partial charge >= 0.3 is 0 Å². The first-order valence-corrected chi connectivity index (χ1v) is 8.17. The fraction of sp³-hybridized carbons (Fsp3) is 0.643. The molecule has 2 amide bonds. The predicted molar refractivity (Wildman–Crippen MR) is 82.8 cm³/mol. The smallest absolute Gasteiger partial charge is 0.284 e. The van der Waals surface area contributed by atoms with Crippen LogP contribution in [-0.2, 0) is 0 Å². The molecule has 0 saturated carbocycles. The van der Waals surface area contributed by atoms with Gasteiger partial charge in [0.25, 0.3) is 17.7 Å². The molecule has 2 rings (SSSR count). The molecule has 8 nitrogen and oxygen atoms in total. The van der Waals surface area contributed by atoms with Crippen molar-refractivity contribution in [3.8, 4) is 0 Å². The van der Waals surface area contributed by atoms with E-state index in [1.807, 2.05) is 12.2 Å². The number of thiazole rings is 1. The minimum atomic E-state index is -2.82. The number of aromatic nitrogens is 1. The van der Waals surface area contributed by atoms with Gasteiger partial charge in [-0.15, -0.1) is 11.3 Å². The summed E-state index contributed by atoms with van der Waals surface area (Å²) in [5.41, 5.74) is -1.82. The van der Waals surface area contributed by atoms with Crippen LogP contribution in [0.25, 0.3) is 0 Å². The largest absolute Gasteiger partial charge is 0.383 e. The highest BCUT2D eigenvalue weighted by atomic mass is 32.1. The maximum atomic E-state index is 12.3. The summed E-state index contributed by atoms with van der Waals surface area (Å²) in [5.74, 6) is -3.94. The molecule has 2 heterocycles. The standard InChI is InChI=1S/C14H21N3O5S/c1-8-5-4-6-17(8)12(19)9-7-23-11(15-9)10(18)16-14(21,22)13(2,3)20/h7-8,20-22H,4-6H2,1-3H3,(H,16,18). The molecule has 0 aromatic carbocycles. The third kappa shape index (κ3) is 3.69. The number of carbonyl (C=O) groups excluding carboxylic acids is 2. The Kier molecular flexibility index (Phi) is 4.76. The summed E-state index contributed by atoms with van der Waals surface area (Å²) in [6.45, 7) is 4.89. The Bertz CT molecular complexity index is 608. The van der Waals surface area contributed by atoms with Crippen molar-refractivity contribution in [3.63, 3.8) is 0 Å². The molecule has 1 aliphatic rings. The number of hydrogen-bond donors (Lipinski definition) is 4. The van der Waals surface area contributed by atoms with Crippen LogP contribution in [0.2, 0.25) is 0 Å². The molecule has 0 radical (unpaired) electrons. The van der Waals surface area contributed by atoms with E-state index in [9.17, 15) is 24.9 Å². The molecule has 1 fully saturated rings. The Balaban J connectivity index is 2.10. The number of nitrogens with zero attached hydrogens (tertiary/aromatic N) is 2. The second-order valence-corrected chi connectivity index (χ2v) is 7.07. The van der Waals surface area contributed by atoms with Crippen molar-refractivity contribution in [1.29, 1.82) is 0 Å². The lowest BCUT2D eigenvalue weighted by molar-refractivity contribution is -0.273. The average molecular weight is 343 g/mol. The molecular weight excluding hydrogens is 322 g/mol. The van der Waals surface area contributed by atoms with E-state index in [0.717, 1.165) is 38.0 Å². The molecule has 0 spiro atoms. The van der Waals surface area contributed by atoms with E-state index in [2.05, 4.69) is 4.98 Å². The van der Waals surface area contributed by atoms with Gasteiger partial charge in [-0.3, -0.25) is 14.9 Å². The third-order valence-corrected chi connectivity index (χ3v) is 4.71. The van der Waals surface area contributed by atoms with Gasteiger partial charge in [-0.1, -0.05) is 0 Å². The normalized spacial score (nSPS) is 19.0. The minimum Gasteiger partial charge on any atom is -0.383 e. The average Bonchev–Trinajstić information content (AvgIpc) is 3.04. The van der Waals surface area contributed by atoms with Crippen molar-refractivity contribution in [2.75, 3.05) is 6.54 Å². The molecule has 1 unspecified atom stereocenters. The van der Waals surface area contributed by atoms with Gasteiger partial charge in [0.2, 0.25) is 0 Å². The summed E-state index contributed by atoms with van der Waals surface area (Å²) >= 11 is 0.923. The molecule has 1 aromatic rings. The van der Waals surface area contributed by atoms with Crippen molar-refractivity contribution in [2.45, 2.75) is 51.2 Å². The number of nitrogens with one attached hydrogen (secondary N) is 1. The lowest BCUT2D eigenvalue weighted by atomic mass is 10.1. The van der Waals surface area contributed by atoms with Crippen LogP contribution in [0, 0.1) is 0 Å². The number of likely N-dealkylation sites (tertiary alicyclic amines) is 1. The highest BCUT2D eigenvalue weighted by Gasteiger charge is 2.42. The molecule has 0 aliphatic carbocycles. The second-order valence-electron chi connectivity index (χ2n) is 6.21. The van der Waals surface area contributed by atoms with Gasteiger partial charge in [0.1, 0.15) is 11.3 Å². The summed E-state index contributed by atoms with van der Waals surface area (Å²) in [6, 6.07) is 0.138. The molecule has 1 aliphatic heterocycles. The number of amides is 2. The van der Waals surface area contributed by atoms with Crippen LogP contribution in [0.3, 0.4) is 0 Å². The molecule has 1 saturated heterocycles. The van der Waals surface area contributed by atoms with E-state index in [-0.39, 0.29) is 22.7 Å². The minimum absolute atomic E-state index is 0.0862. The number of carbonyl (C=O) groups is 2. The van der Waals surface area contributed by atoms with Crippen LogP contribution in [0.15, 0.2) is 5.38 Å². The Labute approximate surface area is 137 Å². The van der Waals surface area contributed by atoms with Crippen molar-refractivity contribution < 1.29 is 24.9 Å². The first-order valence-electron chi connectivity index (χ1n) is 7.29. The van der Waals surface area contributed by atoms with E-state index >= 15 is 0 Å². The zero-order valence-corrected chi connectivity index (χ0v) is 14.1. The maximum absolute atomic E-state index is 12.3. The van der Waals surface area contributed by atoms with Gasteiger partial charge in [-0.2, -0.15) is 0 Å². The van der Waals surface area contributed by atoms with E-state index < -0.39 is 17.4 Å². The molecule has 4 N–H and O–H groups in total. The van der Waals surface area contributed by atoms with Crippen LogP contribution in [-0.4, -0.2) is 61.1 Å². The quantitative estimate of drug-likeness (QED) is 0.567. The van der Waals surface area contributed by atoms with Gasteiger partial charge in [0.15, 0.2) is 5.01 Å². The SMILES string of the molecule is CC1CCCN1C(=O)c1csc(C(=O)NC(O)(O)C(C)(C)O)n1. The van der Waals surface area contributed by atoms with Gasteiger partial charge in [-0.25, -0.2) is 4.98 Å². The van der Waals surface area contributed by atoms with E-state index in [1.54, 1.807) is 4.90 Å². The number of aliphatic hydroxyl groups is 3. The van der Waals surface area contributed by atoms with Crippen molar-refractivity contribution in [3.05, 3.63) is 16.1 Å². The predicted octanol–water partition coefficient (Wildman–Crippen LogP) is -0.0933. The molecular formula is C14H21N3O5S. The van der Waals surface area contributed by atoms with E-state index in [1.165, 1.54) is 5.38 Å². The molecule has 128 valence electrons. The topological polar surface area (TPSA) is 123 Å². The molecule has 1 atom stereocenters. The Morgan fingerprint density at radius 1 is 1.39 bits per heavy atom. The maximum Gasteiger partial charge on any atom is 0.284 e. The lowest BCUT2D eigenvalue weighted by Gasteiger charge is -2.33. The van der Waals surface area contributed by atoms with Gasteiger partial charge in [0.05, 0.1) is 0 Å². The Morgan fingerprint density at radius 2 is 2.04 bits per heavy atom. The summed E-state index contributed by atoms with van der Waals surface area (Å²) in [7, 11) is 0. The summed E-state index contributed by atoms with van der Waals surface area (Å²) in [4.78, 5) is 30.0. The number of hydrogen-bond acceptors (Lipinski definition) is 7. The second kappa shape index (κ2) is 6.16. The van der Waals surface area contributed by atoms with Gasteiger partial charge < -0.3 is 20.2 Å². The fourth-order valence-electron chi connectivity index (χ4n) is 2.22. The van der Waals surface area contributed by atoms with Crippen LogP contribution < -0.4 is 5.32 Å². The van der Waals surface area contributed by atoms with Crippen molar-refractivity contribution >= 4 is 23.2 Å². The first-order chi connectivity index (χ1) is 10.5. The molecule has 23 heavy (non-hydrogen) atoms. The Morgan fingerprint density at radius 3 is 2.57 bits per heavy atom. The monoisotopic (exact) mass is 343 g/mol. The molecule has 1 aromatic heterocycles. The Hall–Kier alpha value is -1.55. The molecule has 9 heteroatoms. The van der Waals surface area contributed by atoms with Crippen LogP contribution in [0.1, 0.15) is 53.9 Å².